The Morgan fingerprint density at radius 3 is 2.53 bits per heavy atom. The number of aromatic nitrogens is 2. The van der Waals surface area contributed by atoms with Gasteiger partial charge in [0.15, 0.2) is 5.16 Å². The van der Waals surface area contributed by atoms with Gasteiger partial charge in [-0.2, -0.15) is 0 Å². The molecule has 8 nitrogen and oxygen atoms in total. The van der Waals surface area contributed by atoms with E-state index in [4.69, 9.17) is 10.1 Å². The highest BCUT2D eigenvalue weighted by molar-refractivity contribution is 8.00. The molecule has 5 rings (SSSR count). The number of nitrogens with two attached hydrogens (primary N) is 1. The first-order valence-electron chi connectivity index (χ1n) is 13.2. The van der Waals surface area contributed by atoms with Crippen LogP contribution >= 0.6 is 11.8 Å². The second kappa shape index (κ2) is 10.8. The summed E-state index contributed by atoms with van der Waals surface area (Å²) in [4.78, 5) is 31.4. The number of fused-ring (bicyclic) bond motifs is 3. The topological polar surface area (TPSA) is 124 Å². The third-order valence-electron chi connectivity index (χ3n) is 8.16. The molecular weight excluding hydrogens is 520 g/mol. The molecule has 2 aliphatic rings. The SMILES string of the molecule is C[C@@H](Sc1nc2ccccc2c(=O)n1CCc1ccc(S(N)(=O)=O)cc1)C(=O)N[C@H](C)[C@H]1C[C@@H]2CC[C@@H]1C2. The van der Waals surface area contributed by atoms with Crippen molar-refractivity contribution in [2.75, 3.05) is 0 Å². The number of hydrogen-bond acceptors (Lipinski definition) is 6. The standard InChI is InChI=1S/C28H34N4O4S2/c1-17(24-16-20-7-10-21(24)15-20)30-26(33)18(2)37-28-31-25-6-4-3-5-23(25)27(34)32(28)14-13-19-8-11-22(12-9-19)38(29,35)36/h3-6,8-9,11-12,17-18,20-21,24H,7,10,13-16H2,1-2H3,(H,30,33)(H2,29,35,36)/t17-,18-,20-,21-,24-/m1/s1. The number of aryl methyl sites for hydroxylation is 1. The maximum Gasteiger partial charge on any atom is 0.262 e. The average molecular weight is 555 g/mol. The molecule has 38 heavy (non-hydrogen) atoms. The van der Waals surface area contributed by atoms with E-state index >= 15 is 0 Å². The fraction of sp³-hybridized carbons (Fsp3) is 0.464. The van der Waals surface area contributed by atoms with Gasteiger partial charge in [0.25, 0.3) is 5.56 Å². The summed E-state index contributed by atoms with van der Waals surface area (Å²) in [6.45, 7) is 4.31. The molecule has 0 spiro atoms. The first-order chi connectivity index (χ1) is 18.1. The third-order valence-corrected chi connectivity index (χ3v) is 10.2. The molecule has 2 saturated carbocycles. The van der Waals surface area contributed by atoms with Gasteiger partial charge in [0.2, 0.25) is 15.9 Å². The van der Waals surface area contributed by atoms with Crippen molar-refractivity contribution in [1.29, 1.82) is 0 Å². The van der Waals surface area contributed by atoms with Crippen LogP contribution in [0.2, 0.25) is 0 Å². The van der Waals surface area contributed by atoms with Crippen molar-refractivity contribution in [2.24, 2.45) is 22.9 Å². The van der Waals surface area contributed by atoms with Crippen LogP contribution in [-0.4, -0.2) is 35.2 Å². The molecule has 2 fully saturated rings. The highest BCUT2D eigenvalue weighted by atomic mass is 32.2. The van der Waals surface area contributed by atoms with Crippen molar-refractivity contribution in [2.45, 2.75) is 73.8 Å². The number of amides is 1. The molecule has 202 valence electrons. The molecule has 0 radical (unpaired) electrons. The maximum absolute atomic E-state index is 13.4. The lowest BCUT2D eigenvalue weighted by Gasteiger charge is -2.29. The summed E-state index contributed by atoms with van der Waals surface area (Å²) in [5.74, 6) is 2.05. The summed E-state index contributed by atoms with van der Waals surface area (Å²) in [6, 6.07) is 13.7. The van der Waals surface area contributed by atoms with Crippen LogP contribution in [-0.2, 0) is 27.8 Å². The number of hydrogen-bond donors (Lipinski definition) is 2. The number of para-hydroxylation sites is 1. The van der Waals surface area contributed by atoms with Crippen LogP contribution in [0.15, 0.2) is 63.4 Å². The van der Waals surface area contributed by atoms with Gasteiger partial charge in [-0.15, -0.1) is 0 Å². The van der Waals surface area contributed by atoms with Crippen LogP contribution in [0.25, 0.3) is 10.9 Å². The van der Waals surface area contributed by atoms with Gasteiger partial charge < -0.3 is 5.32 Å². The van der Waals surface area contributed by atoms with Crippen molar-refractivity contribution >= 4 is 38.6 Å². The number of sulfonamides is 1. The largest absolute Gasteiger partial charge is 0.352 e. The normalized spacial score (nSPS) is 22.4. The Balaban J connectivity index is 1.33. The van der Waals surface area contributed by atoms with E-state index < -0.39 is 15.3 Å². The molecule has 10 heteroatoms. The molecule has 2 aliphatic carbocycles. The van der Waals surface area contributed by atoms with Crippen LogP contribution in [0.5, 0.6) is 0 Å². The number of nitrogens with one attached hydrogen (secondary N) is 1. The highest BCUT2D eigenvalue weighted by Crippen LogP contribution is 2.49. The Bertz CT molecular complexity index is 1500. The van der Waals surface area contributed by atoms with Crippen LogP contribution in [0, 0.1) is 17.8 Å². The summed E-state index contributed by atoms with van der Waals surface area (Å²) >= 11 is 1.29. The number of carbonyl (C=O) groups is 1. The lowest BCUT2D eigenvalue weighted by molar-refractivity contribution is -0.121. The number of benzene rings is 2. The average Bonchev–Trinajstić information content (AvgIpc) is 3.52. The molecule has 0 aliphatic heterocycles. The Kier molecular flexibility index (Phi) is 7.66. The van der Waals surface area contributed by atoms with Crippen molar-refractivity contribution in [1.82, 2.24) is 14.9 Å². The van der Waals surface area contributed by atoms with Gasteiger partial charge in [0.05, 0.1) is 21.0 Å². The molecule has 0 unspecified atom stereocenters. The minimum atomic E-state index is -3.77. The van der Waals surface area contributed by atoms with E-state index in [1.165, 1.54) is 49.6 Å². The molecule has 2 bridgehead atoms. The maximum atomic E-state index is 13.4. The Labute approximate surface area is 227 Å². The van der Waals surface area contributed by atoms with Crippen LogP contribution in [0.4, 0.5) is 0 Å². The molecule has 1 heterocycles. The van der Waals surface area contributed by atoms with E-state index in [2.05, 4.69) is 12.2 Å². The fourth-order valence-corrected chi connectivity index (χ4v) is 7.55. The molecule has 3 N–H and O–H groups in total. The quantitative estimate of drug-likeness (QED) is 0.307. The van der Waals surface area contributed by atoms with E-state index in [0.717, 1.165) is 17.4 Å². The number of primary sulfonamides is 1. The molecule has 3 aromatic rings. The zero-order valence-corrected chi connectivity index (χ0v) is 23.3. The Hall–Kier alpha value is -2.69. The van der Waals surface area contributed by atoms with E-state index in [0.29, 0.717) is 34.9 Å². The second-order valence-corrected chi connectivity index (χ2v) is 13.6. The second-order valence-electron chi connectivity index (χ2n) is 10.7. The predicted molar refractivity (Wildman–Crippen MR) is 149 cm³/mol. The summed E-state index contributed by atoms with van der Waals surface area (Å²) in [6.07, 6.45) is 5.60. The van der Waals surface area contributed by atoms with Gasteiger partial charge >= 0.3 is 0 Å². The summed E-state index contributed by atoms with van der Waals surface area (Å²) in [5.41, 5.74) is 1.29. The summed E-state index contributed by atoms with van der Waals surface area (Å²) in [7, 11) is -3.77. The highest BCUT2D eigenvalue weighted by Gasteiger charge is 2.42. The molecule has 1 amide bonds. The fourth-order valence-electron chi connectivity index (χ4n) is 6.09. The number of thioether (sulfide) groups is 1. The predicted octanol–water partition coefficient (Wildman–Crippen LogP) is 3.71. The summed E-state index contributed by atoms with van der Waals surface area (Å²) in [5, 5.41) is 9.02. The van der Waals surface area contributed by atoms with Crippen molar-refractivity contribution in [3.63, 3.8) is 0 Å². The van der Waals surface area contributed by atoms with E-state index in [9.17, 15) is 18.0 Å². The van der Waals surface area contributed by atoms with E-state index in [-0.39, 0.29) is 22.4 Å². The first kappa shape index (κ1) is 26.9. The molecule has 1 aromatic heterocycles. The van der Waals surface area contributed by atoms with E-state index in [1.807, 2.05) is 19.1 Å². The molecule has 2 aromatic carbocycles. The van der Waals surface area contributed by atoms with Gasteiger partial charge in [-0.25, -0.2) is 18.5 Å². The van der Waals surface area contributed by atoms with Gasteiger partial charge in [0, 0.05) is 12.6 Å². The van der Waals surface area contributed by atoms with Crippen LogP contribution in [0.3, 0.4) is 0 Å². The lowest BCUT2D eigenvalue weighted by atomic mass is 9.84. The van der Waals surface area contributed by atoms with Gasteiger partial charge in [-0.05, 0) is 87.1 Å². The number of rotatable bonds is 9. The Morgan fingerprint density at radius 1 is 1.13 bits per heavy atom. The minimum absolute atomic E-state index is 0.0431. The van der Waals surface area contributed by atoms with Crippen molar-refractivity contribution in [3.05, 3.63) is 64.4 Å². The zero-order valence-electron chi connectivity index (χ0n) is 21.7. The third kappa shape index (κ3) is 5.67. The molecule has 0 saturated heterocycles. The van der Waals surface area contributed by atoms with Crippen LogP contribution < -0.4 is 16.0 Å². The first-order valence-corrected chi connectivity index (χ1v) is 15.6. The van der Waals surface area contributed by atoms with Gasteiger partial charge in [-0.1, -0.05) is 42.4 Å². The molecular formula is C28H34N4O4S2. The number of carbonyl (C=O) groups excluding carboxylic acids is 1. The van der Waals surface area contributed by atoms with Crippen LogP contribution in [0.1, 0.15) is 45.1 Å². The van der Waals surface area contributed by atoms with Crippen molar-refractivity contribution in [3.8, 4) is 0 Å². The zero-order chi connectivity index (χ0) is 27.0. The van der Waals surface area contributed by atoms with Gasteiger partial charge in [0.1, 0.15) is 0 Å². The monoisotopic (exact) mass is 554 g/mol. The van der Waals surface area contributed by atoms with Gasteiger partial charge in [-0.3, -0.25) is 14.2 Å². The summed E-state index contributed by atoms with van der Waals surface area (Å²) < 4.78 is 24.7. The smallest absolute Gasteiger partial charge is 0.262 e. The lowest BCUT2D eigenvalue weighted by Crippen LogP contribution is -2.43. The Morgan fingerprint density at radius 2 is 1.87 bits per heavy atom. The van der Waals surface area contributed by atoms with E-state index in [1.54, 1.807) is 28.8 Å². The minimum Gasteiger partial charge on any atom is -0.352 e. The molecule has 5 atom stereocenters. The van der Waals surface area contributed by atoms with Crippen molar-refractivity contribution < 1.29 is 13.2 Å². The number of nitrogens with zero attached hydrogens (tertiary/aromatic N) is 2.